The van der Waals surface area contributed by atoms with Crippen molar-refractivity contribution in [2.45, 2.75) is 31.8 Å². The summed E-state index contributed by atoms with van der Waals surface area (Å²) >= 11 is 0. The molecule has 0 saturated heterocycles. The molecule has 3 aromatic carbocycles. The minimum Gasteiger partial charge on any atom is -0.463 e. The summed E-state index contributed by atoms with van der Waals surface area (Å²) in [6.45, 7) is 2.59. The molecule has 0 fully saturated rings. The summed E-state index contributed by atoms with van der Waals surface area (Å²) in [5.41, 5.74) is 3.93. The average Bonchev–Trinajstić information content (AvgIpc) is 3.07. The van der Waals surface area contributed by atoms with Crippen molar-refractivity contribution in [3.05, 3.63) is 119 Å². The topological polar surface area (TPSA) is 49.9 Å². The zero-order valence-electron chi connectivity index (χ0n) is 19.6. The number of fused-ring (bicyclic) bond motifs is 3. The molecule has 5 nitrogen and oxygen atoms in total. The Morgan fingerprint density at radius 2 is 1.69 bits per heavy atom. The van der Waals surface area contributed by atoms with Crippen LogP contribution in [0, 0.1) is 5.82 Å². The van der Waals surface area contributed by atoms with Gasteiger partial charge in [-0.05, 0) is 60.7 Å². The molecule has 0 radical (unpaired) electrons. The quantitative estimate of drug-likeness (QED) is 0.478. The molecule has 2 aliphatic heterocycles. The predicted octanol–water partition coefficient (Wildman–Crippen LogP) is 5.42. The fraction of sp³-hybridized carbons (Fsp3) is 0.241. The Kier molecular flexibility index (Phi) is 6.47. The molecule has 2 aliphatic rings. The number of carbonyl (C=O) groups excluding carboxylic acids is 2. The number of halogens is 1. The molecule has 178 valence electrons. The number of amides is 1. The van der Waals surface area contributed by atoms with Gasteiger partial charge in [0.05, 0.1) is 18.2 Å². The van der Waals surface area contributed by atoms with E-state index < -0.39 is 12.0 Å². The predicted molar refractivity (Wildman–Crippen MR) is 131 cm³/mol. The SMILES string of the molecule is CCOC(=O)C1=CC[C@H]2c3ccccc3CCN2N(C(=O)c2ccccc2)[C@H]1c1ccc(F)cc1. The molecule has 0 spiro atoms. The summed E-state index contributed by atoms with van der Waals surface area (Å²) in [4.78, 5) is 27.4. The molecular weight excluding hydrogens is 443 g/mol. The fourth-order valence-electron chi connectivity index (χ4n) is 5.10. The molecule has 2 atom stereocenters. The lowest BCUT2D eigenvalue weighted by Gasteiger charge is -2.45. The van der Waals surface area contributed by atoms with Gasteiger partial charge in [-0.3, -0.25) is 9.80 Å². The van der Waals surface area contributed by atoms with Crippen LogP contribution < -0.4 is 0 Å². The molecule has 6 heteroatoms. The molecule has 0 aliphatic carbocycles. The van der Waals surface area contributed by atoms with Crippen LogP contribution >= 0.6 is 0 Å². The zero-order chi connectivity index (χ0) is 24.4. The smallest absolute Gasteiger partial charge is 0.336 e. The van der Waals surface area contributed by atoms with Gasteiger partial charge < -0.3 is 4.74 Å². The van der Waals surface area contributed by atoms with Crippen molar-refractivity contribution in [3.63, 3.8) is 0 Å². The van der Waals surface area contributed by atoms with Gasteiger partial charge in [0.2, 0.25) is 0 Å². The number of hydrogen-bond acceptors (Lipinski definition) is 4. The van der Waals surface area contributed by atoms with Crippen LogP contribution in [0.4, 0.5) is 4.39 Å². The van der Waals surface area contributed by atoms with Gasteiger partial charge in [0.25, 0.3) is 5.91 Å². The highest BCUT2D eigenvalue weighted by Gasteiger charge is 2.43. The fourth-order valence-corrected chi connectivity index (χ4v) is 5.10. The first-order valence-corrected chi connectivity index (χ1v) is 11.9. The van der Waals surface area contributed by atoms with Gasteiger partial charge in [-0.25, -0.2) is 14.2 Å². The first kappa shape index (κ1) is 23.0. The molecule has 35 heavy (non-hydrogen) atoms. The van der Waals surface area contributed by atoms with Crippen molar-refractivity contribution in [2.24, 2.45) is 0 Å². The van der Waals surface area contributed by atoms with Gasteiger partial charge in [0.1, 0.15) is 11.9 Å². The van der Waals surface area contributed by atoms with E-state index in [1.54, 1.807) is 36.2 Å². The molecule has 1 amide bonds. The van der Waals surface area contributed by atoms with Crippen molar-refractivity contribution >= 4 is 11.9 Å². The molecule has 0 aromatic heterocycles. The average molecular weight is 471 g/mol. The number of rotatable bonds is 4. The van der Waals surface area contributed by atoms with Crippen molar-refractivity contribution in [1.29, 1.82) is 0 Å². The summed E-state index contributed by atoms with van der Waals surface area (Å²) < 4.78 is 19.3. The van der Waals surface area contributed by atoms with Gasteiger partial charge in [0.15, 0.2) is 0 Å². The molecule has 5 rings (SSSR count). The van der Waals surface area contributed by atoms with E-state index in [-0.39, 0.29) is 24.4 Å². The van der Waals surface area contributed by atoms with E-state index in [1.807, 2.05) is 36.4 Å². The first-order chi connectivity index (χ1) is 17.1. The van der Waals surface area contributed by atoms with E-state index in [2.05, 4.69) is 17.1 Å². The minimum absolute atomic E-state index is 0.123. The van der Waals surface area contributed by atoms with Crippen LogP contribution in [0.15, 0.2) is 90.5 Å². The van der Waals surface area contributed by atoms with Gasteiger partial charge in [-0.15, -0.1) is 0 Å². The second kappa shape index (κ2) is 9.84. The minimum atomic E-state index is -0.752. The Bertz CT molecular complexity index is 1260. The third-order valence-corrected chi connectivity index (χ3v) is 6.69. The van der Waals surface area contributed by atoms with Gasteiger partial charge >= 0.3 is 5.97 Å². The highest BCUT2D eigenvalue weighted by atomic mass is 19.1. The van der Waals surface area contributed by atoms with E-state index in [1.165, 1.54) is 17.7 Å². The zero-order valence-corrected chi connectivity index (χ0v) is 19.6. The summed E-state index contributed by atoms with van der Waals surface area (Å²) in [7, 11) is 0. The maximum atomic E-state index is 14.1. The molecule has 0 saturated carbocycles. The van der Waals surface area contributed by atoms with Crippen molar-refractivity contribution in [3.8, 4) is 0 Å². The Labute approximate surface area is 204 Å². The molecule has 0 bridgehead atoms. The van der Waals surface area contributed by atoms with Crippen LogP contribution in [0.5, 0.6) is 0 Å². The summed E-state index contributed by atoms with van der Waals surface area (Å²) in [6.07, 6.45) is 3.21. The van der Waals surface area contributed by atoms with E-state index in [0.29, 0.717) is 29.7 Å². The van der Waals surface area contributed by atoms with E-state index >= 15 is 0 Å². The number of hydrogen-bond donors (Lipinski definition) is 0. The molecular formula is C29H27FN2O3. The summed E-state index contributed by atoms with van der Waals surface area (Å²) in [6, 6.07) is 22.4. The second-order valence-electron chi connectivity index (χ2n) is 8.71. The largest absolute Gasteiger partial charge is 0.463 e. The molecule has 0 N–H and O–H groups in total. The van der Waals surface area contributed by atoms with E-state index in [0.717, 1.165) is 12.0 Å². The molecule has 2 heterocycles. The number of esters is 1. The summed E-state index contributed by atoms with van der Waals surface area (Å²) in [5, 5.41) is 3.77. The third-order valence-electron chi connectivity index (χ3n) is 6.69. The highest BCUT2D eigenvalue weighted by molar-refractivity contribution is 5.97. The number of nitrogens with zero attached hydrogens (tertiary/aromatic N) is 2. The first-order valence-electron chi connectivity index (χ1n) is 11.9. The second-order valence-corrected chi connectivity index (χ2v) is 8.71. The van der Waals surface area contributed by atoms with Crippen LogP contribution in [-0.2, 0) is 16.0 Å². The van der Waals surface area contributed by atoms with E-state index in [9.17, 15) is 14.0 Å². The van der Waals surface area contributed by atoms with Crippen LogP contribution in [0.25, 0.3) is 0 Å². The normalized spacial score (nSPS) is 19.7. The van der Waals surface area contributed by atoms with Crippen LogP contribution in [0.3, 0.4) is 0 Å². The number of ether oxygens (including phenoxy) is 1. The van der Waals surface area contributed by atoms with Crippen LogP contribution in [0.2, 0.25) is 0 Å². The lowest BCUT2D eigenvalue weighted by molar-refractivity contribution is -0.140. The van der Waals surface area contributed by atoms with Crippen molar-refractivity contribution < 1.29 is 18.7 Å². The van der Waals surface area contributed by atoms with Crippen molar-refractivity contribution in [2.75, 3.05) is 13.2 Å². The van der Waals surface area contributed by atoms with Crippen molar-refractivity contribution in [1.82, 2.24) is 10.0 Å². The number of carbonyl (C=O) groups is 2. The van der Waals surface area contributed by atoms with E-state index in [4.69, 9.17) is 4.74 Å². The maximum Gasteiger partial charge on any atom is 0.336 e. The standard InChI is InChI=1S/C29H27FN2O3/c1-2-35-29(34)25-16-17-26-24-11-7-6-8-20(24)18-19-31(26)32(28(33)22-9-4-3-5-10-22)27(25)21-12-14-23(30)15-13-21/h3-16,26-27H,2,17-19H2,1H3/t26-,27-/m0/s1. The highest BCUT2D eigenvalue weighted by Crippen LogP contribution is 2.43. The third kappa shape index (κ3) is 4.37. The van der Waals surface area contributed by atoms with Crippen LogP contribution in [0.1, 0.15) is 52.5 Å². The Hall–Kier alpha value is -3.77. The Morgan fingerprint density at radius 3 is 2.43 bits per heavy atom. The Balaban J connectivity index is 1.71. The number of benzene rings is 3. The molecule has 3 aromatic rings. The van der Waals surface area contributed by atoms with Gasteiger partial charge in [-0.1, -0.05) is 60.7 Å². The van der Waals surface area contributed by atoms with Gasteiger partial charge in [0, 0.05) is 12.1 Å². The van der Waals surface area contributed by atoms with Crippen LogP contribution in [-0.4, -0.2) is 35.0 Å². The Morgan fingerprint density at radius 1 is 0.971 bits per heavy atom. The summed E-state index contributed by atoms with van der Waals surface area (Å²) in [5.74, 6) is -1.07. The maximum absolute atomic E-state index is 14.1. The van der Waals surface area contributed by atoms with Gasteiger partial charge in [-0.2, -0.15) is 0 Å². The lowest BCUT2D eigenvalue weighted by Crippen LogP contribution is -2.52. The molecule has 0 unspecified atom stereocenters. The number of hydrazine groups is 1. The lowest BCUT2D eigenvalue weighted by atomic mass is 9.91. The monoisotopic (exact) mass is 470 g/mol.